The highest BCUT2D eigenvalue weighted by Crippen LogP contribution is 2.41. The molecular formula is C78H85Cl2F3N6O13S. The summed E-state index contributed by atoms with van der Waals surface area (Å²) in [6.07, 6.45) is -2.49. The number of fused-ring (bicyclic) bond motifs is 3. The fourth-order valence-electron chi connectivity index (χ4n) is 12.0. The van der Waals surface area contributed by atoms with Crippen molar-refractivity contribution in [2.75, 3.05) is 26.4 Å². The van der Waals surface area contributed by atoms with Crippen LogP contribution in [0.1, 0.15) is 98.0 Å². The number of aromatic nitrogens is 6. The van der Waals surface area contributed by atoms with E-state index in [4.69, 9.17) is 32.0 Å². The third kappa shape index (κ3) is 18.3. The Labute approximate surface area is 606 Å². The van der Waals surface area contributed by atoms with Gasteiger partial charge in [0.15, 0.2) is 0 Å². The van der Waals surface area contributed by atoms with Crippen LogP contribution in [0.2, 0.25) is 10.0 Å². The van der Waals surface area contributed by atoms with Crippen molar-refractivity contribution in [3.05, 3.63) is 268 Å². The predicted octanol–water partition coefficient (Wildman–Crippen LogP) is 14.2. The number of ether oxygens (including phenoxy) is 1. The minimum absolute atomic E-state index is 0. The lowest BCUT2D eigenvalue weighted by Gasteiger charge is -2.11. The molecule has 0 bridgehead atoms. The van der Waals surface area contributed by atoms with Crippen LogP contribution in [-0.4, -0.2) is 80.6 Å². The Morgan fingerprint density at radius 2 is 0.835 bits per heavy atom. The molecule has 0 aliphatic rings. The van der Waals surface area contributed by atoms with Crippen molar-refractivity contribution in [2.45, 2.75) is 121 Å². The van der Waals surface area contributed by atoms with Crippen molar-refractivity contribution in [2.24, 2.45) is 14.1 Å². The van der Waals surface area contributed by atoms with Crippen LogP contribution < -0.4 is 38.5 Å². The summed E-state index contributed by atoms with van der Waals surface area (Å²) in [5.74, 6) is 0.728. The second-order valence-corrected chi connectivity index (χ2v) is 26.0. The standard InChI is InChI=1S/C26H27ClN2O5.C25H23F3N2O4S.C24H23ClN2O4.3CH4/c1-17-5-2-6-19(15-17)23-21(16-18-7-9-20(27)10-8-18)22-24(32)28(11-3-13-30)26(33)29(12-4-14-31)25(22)34-23;1-15-7-9-16(10-8-15)13-19-20-22(32)30(11-4-12-31)24(33)29(2)23(20)35-21(19)17-5-3-6-18(14-17)34-25(26,27)28;1-15-5-3-6-17(13-15)21-19(14-16-7-9-18(25)10-8-16)20-22(29)27(11-4-12-28)24(30)26(2)23(20)31-21;;;/h2,5-10,15,30-31H,3-4,11-14,16H2,1H3;3,5-10,14,31H,4,11-13H2,1-2H3;3,5-10,13,28H,4,11-12,14H2,1-2H3;3*1H4. The first-order valence-corrected chi connectivity index (χ1v) is 33.8. The maximum absolute atomic E-state index is 13.6. The van der Waals surface area contributed by atoms with Gasteiger partial charge in [-0.15, -0.1) is 24.5 Å². The van der Waals surface area contributed by atoms with Crippen LogP contribution in [0.5, 0.6) is 5.75 Å². The highest BCUT2D eigenvalue weighted by atomic mass is 35.5. The average molecular weight is 1470 g/mol. The molecule has 19 nitrogen and oxygen atoms in total. The molecule has 6 heterocycles. The lowest BCUT2D eigenvalue weighted by molar-refractivity contribution is -0.274. The van der Waals surface area contributed by atoms with E-state index in [-0.39, 0.29) is 105 Å². The van der Waals surface area contributed by atoms with Gasteiger partial charge >= 0.3 is 23.4 Å². The Bertz CT molecular complexity index is 5320. The molecule has 0 saturated carbocycles. The molecule has 12 rings (SSSR count). The number of benzene rings is 6. The van der Waals surface area contributed by atoms with Crippen molar-refractivity contribution in [3.63, 3.8) is 0 Å². The molecule has 546 valence electrons. The molecule has 103 heavy (non-hydrogen) atoms. The van der Waals surface area contributed by atoms with Gasteiger partial charge in [0, 0.05) is 117 Å². The van der Waals surface area contributed by atoms with Crippen molar-refractivity contribution in [1.82, 2.24) is 27.4 Å². The third-order valence-corrected chi connectivity index (χ3v) is 18.7. The van der Waals surface area contributed by atoms with Gasteiger partial charge in [-0.3, -0.25) is 41.8 Å². The molecule has 0 amide bonds. The molecule has 6 aromatic heterocycles. The molecule has 25 heteroatoms. The number of rotatable bonds is 22. The molecule has 0 fully saturated rings. The number of alkyl halides is 3. The maximum atomic E-state index is 13.6. The van der Waals surface area contributed by atoms with Crippen LogP contribution in [-0.2, 0) is 59.5 Å². The van der Waals surface area contributed by atoms with E-state index in [0.29, 0.717) is 96.2 Å². The first kappa shape index (κ1) is 80.7. The summed E-state index contributed by atoms with van der Waals surface area (Å²) < 4.78 is 62.6. The first-order chi connectivity index (χ1) is 47.9. The minimum atomic E-state index is -4.84. The van der Waals surface area contributed by atoms with Gasteiger partial charge in [-0.2, -0.15) is 0 Å². The largest absolute Gasteiger partial charge is 0.573 e. The highest BCUT2D eigenvalue weighted by Gasteiger charge is 2.32. The molecule has 0 radical (unpaired) electrons. The normalized spacial score (nSPS) is 11.2. The second kappa shape index (κ2) is 35.5. The van der Waals surface area contributed by atoms with E-state index in [0.717, 1.165) is 59.2 Å². The molecule has 0 saturated heterocycles. The highest BCUT2D eigenvalue weighted by molar-refractivity contribution is 7.22. The van der Waals surface area contributed by atoms with Gasteiger partial charge in [-0.05, 0) is 129 Å². The lowest BCUT2D eigenvalue weighted by atomic mass is 9.99. The topological polar surface area (TPSA) is 248 Å². The lowest BCUT2D eigenvalue weighted by Crippen LogP contribution is -2.40. The van der Waals surface area contributed by atoms with Crippen LogP contribution in [0.3, 0.4) is 0 Å². The number of hydrogen-bond donors (Lipinski definition) is 4. The zero-order chi connectivity index (χ0) is 71.7. The number of thiophene rings is 1. The Balaban J connectivity index is 0.000000214. The van der Waals surface area contributed by atoms with Crippen LogP contribution in [0.15, 0.2) is 183 Å². The van der Waals surface area contributed by atoms with E-state index >= 15 is 0 Å². The van der Waals surface area contributed by atoms with Crippen molar-refractivity contribution < 1.29 is 47.2 Å². The number of aryl methyl sites for hydroxylation is 6. The predicted molar refractivity (Wildman–Crippen MR) is 404 cm³/mol. The average Bonchev–Trinajstić information content (AvgIpc) is 1.62. The number of nitrogens with zero attached hydrogens (tertiary/aromatic N) is 6. The van der Waals surface area contributed by atoms with E-state index in [2.05, 4.69) is 4.74 Å². The van der Waals surface area contributed by atoms with Crippen molar-refractivity contribution >= 4 is 67.0 Å². The fraction of sp³-hybridized carbons (Fsp3) is 0.308. The van der Waals surface area contributed by atoms with Gasteiger partial charge in [-0.1, -0.05) is 159 Å². The first-order valence-electron chi connectivity index (χ1n) is 32.2. The van der Waals surface area contributed by atoms with Crippen molar-refractivity contribution in [3.8, 4) is 38.8 Å². The quantitative estimate of drug-likeness (QED) is 0.0493. The van der Waals surface area contributed by atoms with E-state index in [1.54, 1.807) is 44.4 Å². The summed E-state index contributed by atoms with van der Waals surface area (Å²) in [5.41, 5.74) is 7.73. The minimum Gasteiger partial charge on any atom is -0.439 e. The van der Waals surface area contributed by atoms with Crippen LogP contribution >= 0.6 is 34.5 Å². The molecule has 0 aliphatic carbocycles. The summed E-state index contributed by atoms with van der Waals surface area (Å²) in [7, 11) is 3.15. The Morgan fingerprint density at radius 3 is 1.29 bits per heavy atom. The SMILES string of the molecule is C.C.C.Cc1ccc(Cc2c(-c3cccc(OC(F)(F)F)c3)sc3c2c(=O)n(CCCO)c(=O)n3C)cc1.Cc1cccc(-c2oc3c(c2Cc2ccc(Cl)cc2)c(=O)n(CCCO)c(=O)n3C)c1.Cc1cccc(-c2oc3c(c2Cc2ccc(Cl)cc2)c(=O)n(CCCO)c(=O)n3CCCO)c1. The summed E-state index contributed by atoms with van der Waals surface area (Å²) in [4.78, 5) is 80.3. The van der Waals surface area contributed by atoms with Crippen molar-refractivity contribution in [1.29, 1.82) is 0 Å². The van der Waals surface area contributed by atoms with Gasteiger partial charge in [0.25, 0.3) is 16.7 Å². The van der Waals surface area contributed by atoms with Gasteiger partial charge in [-0.25, -0.2) is 14.4 Å². The number of aliphatic hydroxyl groups excluding tert-OH is 4. The molecule has 0 spiro atoms. The molecule has 6 aromatic carbocycles. The molecule has 12 aromatic rings. The summed E-state index contributed by atoms with van der Waals surface area (Å²) in [6, 6.07) is 43.8. The Kier molecular flexibility index (Phi) is 27.8. The summed E-state index contributed by atoms with van der Waals surface area (Å²) in [5, 5.41) is 39.4. The number of hydrogen-bond acceptors (Lipinski definition) is 14. The van der Waals surface area contributed by atoms with E-state index in [9.17, 15) is 62.4 Å². The van der Waals surface area contributed by atoms with Gasteiger partial charge in [0.05, 0.1) is 5.39 Å². The van der Waals surface area contributed by atoms with E-state index in [1.165, 1.54) is 47.8 Å². The maximum Gasteiger partial charge on any atom is 0.573 e. The molecule has 0 aliphatic heterocycles. The zero-order valence-corrected chi connectivity index (χ0v) is 57.7. The Morgan fingerprint density at radius 1 is 0.447 bits per heavy atom. The summed E-state index contributed by atoms with van der Waals surface area (Å²) >= 11 is 13.3. The molecule has 0 atom stereocenters. The van der Waals surface area contributed by atoms with E-state index < -0.39 is 40.1 Å². The Hall–Kier alpha value is -9.59. The van der Waals surface area contributed by atoms with Crippen LogP contribution in [0.25, 0.3) is 65.5 Å². The number of aliphatic hydroxyl groups is 4. The molecular weight excluding hydrogens is 1390 g/mol. The zero-order valence-electron chi connectivity index (χ0n) is 55.4. The molecule has 4 N–H and O–H groups in total. The van der Waals surface area contributed by atoms with Gasteiger partial charge < -0.3 is 34.0 Å². The van der Waals surface area contributed by atoms with Crippen LogP contribution in [0.4, 0.5) is 13.2 Å². The van der Waals surface area contributed by atoms with E-state index in [1.807, 2.05) is 118 Å². The molecule has 0 unspecified atom stereocenters. The number of halogens is 5. The van der Waals surface area contributed by atoms with Crippen LogP contribution in [0, 0.1) is 20.8 Å². The third-order valence-electron chi connectivity index (χ3n) is 16.8. The summed E-state index contributed by atoms with van der Waals surface area (Å²) in [6.45, 7) is 5.89. The van der Waals surface area contributed by atoms with Gasteiger partial charge in [0.2, 0.25) is 11.4 Å². The smallest absolute Gasteiger partial charge is 0.439 e. The number of furan rings is 2. The second-order valence-electron chi connectivity index (χ2n) is 24.1. The fourth-order valence-corrected chi connectivity index (χ4v) is 13.5. The van der Waals surface area contributed by atoms with Gasteiger partial charge in [0.1, 0.15) is 32.9 Å². The monoisotopic (exact) mass is 1470 g/mol.